The molecule has 0 atom stereocenters. The Balaban J connectivity index is 1.000. The summed E-state index contributed by atoms with van der Waals surface area (Å²) in [7, 11) is 0. The van der Waals surface area contributed by atoms with Crippen molar-refractivity contribution in [1.82, 2.24) is 0 Å². The second-order valence-corrected chi connectivity index (χ2v) is 16.8. The van der Waals surface area contributed by atoms with E-state index in [1.54, 1.807) is 0 Å². The van der Waals surface area contributed by atoms with Gasteiger partial charge in [-0.25, -0.2) is 0 Å². The Hall–Kier alpha value is -8.28. The van der Waals surface area contributed by atoms with Crippen molar-refractivity contribution in [1.29, 1.82) is 0 Å². The monoisotopic (exact) mass is 833 g/mol. The largest absolute Gasteiger partial charge is 0.458 e. The Morgan fingerprint density at radius 1 is 0.400 bits per heavy atom. The van der Waals surface area contributed by atoms with Crippen molar-refractivity contribution in [2.45, 2.75) is 12.8 Å². The Morgan fingerprint density at radius 3 is 1.55 bits per heavy atom. The molecule has 1 aliphatic carbocycles. The first-order valence-corrected chi connectivity index (χ1v) is 22.5. The van der Waals surface area contributed by atoms with E-state index in [0.29, 0.717) is 0 Å². The van der Waals surface area contributed by atoms with Crippen LogP contribution in [0, 0.1) is 0 Å². The molecule has 0 N–H and O–H groups in total. The third-order valence-electron chi connectivity index (χ3n) is 12.9. The fourth-order valence-corrected chi connectivity index (χ4v) is 9.89. The number of hydrogen-bond donors (Lipinski definition) is 0. The number of anilines is 8. The molecule has 9 aromatic rings. The summed E-state index contributed by atoms with van der Waals surface area (Å²) >= 11 is 0. The lowest BCUT2D eigenvalue weighted by Crippen LogP contribution is -2.59. The van der Waals surface area contributed by atoms with Gasteiger partial charge in [-0.05, 0) is 136 Å². The quantitative estimate of drug-likeness (QED) is 0.135. The molecule has 0 saturated heterocycles. The minimum Gasteiger partial charge on any atom is -0.458 e. The standard InChI is InChI=1S/C60H44BN3O/c1-6-17-43(18-7-1)45-29-33-50(34-30-45)63(51-35-31-46(32-36-51)44-19-8-2-9-20-44)53-38-40-55-59(42-53)65-58-28-16-27-56-60(58)61(55)54-39-37-52(41-57(54)64(56)49-25-14-5-15-26-49)62(47-21-10-3-11-22-47)48-23-12-4-13-24-48/h1-3,5-12,14-42H,4,13H2. The lowest BCUT2D eigenvalue weighted by atomic mass is 9.34. The maximum Gasteiger partial charge on any atom is 0.256 e. The van der Waals surface area contributed by atoms with Crippen molar-refractivity contribution in [3.63, 3.8) is 0 Å². The van der Waals surface area contributed by atoms with E-state index >= 15 is 0 Å². The summed E-state index contributed by atoms with van der Waals surface area (Å²) < 4.78 is 7.06. The molecule has 0 spiro atoms. The highest BCUT2D eigenvalue weighted by Crippen LogP contribution is 2.45. The van der Waals surface area contributed by atoms with Crippen LogP contribution in [0.3, 0.4) is 0 Å². The summed E-state index contributed by atoms with van der Waals surface area (Å²) in [6.07, 6.45) is 8.97. The molecule has 0 saturated carbocycles. The normalized spacial score (nSPS) is 13.2. The van der Waals surface area contributed by atoms with Crippen LogP contribution < -0.4 is 35.8 Å². The number of rotatable bonds is 9. The molecule has 0 radical (unpaired) electrons. The highest BCUT2D eigenvalue weighted by Gasteiger charge is 2.42. The van der Waals surface area contributed by atoms with Crippen LogP contribution in [0.1, 0.15) is 12.8 Å². The van der Waals surface area contributed by atoms with E-state index in [9.17, 15) is 0 Å². The second-order valence-electron chi connectivity index (χ2n) is 16.8. The van der Waals surface area contributed by atoms with E-state index in [1.807, 2.05) is 0 Å². The third kappa shape index (κ3) is 6.99. The van der Waals surface area contributed by atoms with Crippen LogP contribution in [0.15, 0.2) is 248 Å². The Bertz CT molecular complexity index is 3140. The second kappa shape index (κ2) is 16.4. The topological polar surface area (TPSA) is 19.0 Å². The zero-order valence-electron chi connectivity index (χ0n) is 35.8. The van der Waals surface area contributed by atoms with Gasteiger partial charge in [0.05, 0.1) is 0 Å². The molecule has 0 unspecified atom stereocenters. The molecule has 5 heteroatoms. The van der Waals surface area contributed by atoms with Gasteiger partial charge in [-0.2, -0.15) is 0 Å². The van der Waals surface area contributed by atoms with Crippen LogP contribution in [0.2, 0.25) is 0 Å². The SMILES string of the molecule is C1=CC(N(c2ccccc2)c2ccc3c(c2)N(c2ccccc2)c2cccc4c2B3c2ccc(N(c3ccc(-c5ccccc5)cc3)c3ccc(-c5ccccc5)cc3)cc2O4)=CCC1. The van der Waals surface area contributed by atoms with E-state index in [0.717, 1.165) is 75.3 Å². The predicted molar refractivity (Wildman–Crippen MR) is 273 cm³/mol. The van der Waals surface area contributed by atoms with Crippen molar-refractivity contribution in [3.8, 4) is 33.8 Å². The van der Waals surface area contributed by atoms with Gasteiger partial charge in [0.1, 0.15) is 11.5 Å². The number of allylic oxidation sites excluding steroid dienone is 3. The average molecular weight is 834 g/mol. The molecular formula is C60H44BN3O. The number of nitrogens with zero attached hydrogens (tertiary/aromatic N) is 3. The van der Waals surface area contributed by atoms with Gasteiger partial charge in [0.25, 0.3) is 6.71 Å². The zero-order valence-corrected chi connectivity index (χ0v) is 35.8. The highest BCUT2D eigenvalue weighted by atomic mass is 16.5. The van der Waals surface area contributed by atoms with Crippen LogP contribution in [-0.4, -0.2) is 6.71 Å². The van der Waals surface area contributed by atoms with Crippen molar-refractivity contribution in [2.24, 2.45) is 0 Å². The van der Waals surface area contributed by atoms with Gasteiger partial charge in [-0.15, -0.1) is 0 Å². The minimum absolute atomic E-state index is 0.0502. The maximum absolute atomic E-state index is 7.06. The van der Waals surface area contributed by atoms with E-state index in [1.165, 1.54) is 38.9 Å². The summed E-state index contributed by atoms with van der Waals surface area (Å²) in [4.78, 5) is 7.15. The molecule has 9 aromatic carbocycles. The lowest BCUT2D eigenvalue weighted by Gasteiger charge is -2.41. The molecule has 3 aliphatic rings. The van der Waals surface area contributed by atoms with Crippen LogP contribution in [0.5, 0.6) is 11.5 Å². The van der Waals surface area contributed by atoms with Crippen LogP contribution in [0.4, 0.5) is 45.5 Å². The molecule has 12 rings (SSSR count). The maximum atomic E-state index is 7.06. The first-order valence-electron chi connectivity index (χ1n) is 22.5. The van der Waals surface area contributed by atoms with Crippen molar-refractivity contribution >= 4 is 68.6 Å². The van der Waals surface area contributed by atoms with Gasteiger partial charge < -0.3 is 19.4 Å². The van der Waals surface area contributed by atoms with Gasteiger partial charge in [0.2, 0.25) is 0 Å². The summed E-state index contributed by atoms with van der Waals surface area (Å²) in [6.45, 7) is -0.0502. The van der Waals surface area contributed by atoms with Gasteiger partial charge in [0.15, 0.2) is 0 Å². The molecule has 65 heavy (non-hydrogen) atoms. The van der Waals surface area contributed by atoms with Gasteiger partial charge in [-0.3, -0.25) is 0 Å². The molecule has 4 nitrogen and oxygen atoms in total. The molecule has 2 aliphatic heterocycles. The number of para-hydroxylation sites is 2. The third-order valence-corrected chi connectivity index (χ3v) is 12.9. The number of ether oxygens (including phenoxy) is 1. The van der Waals surface area contributed by atoms with Crippen LogP contribution >= 0.6 is 0 Å². The van der Waals surface area contributed by atoms with E-state index in [-0.39, 0.29) is 6.71 Å². The Labute approximate surface area is 381 Å². The fourth-order valence-electron chi connectivity index (χ4n) is 9.89. The molecule has 0 aromatic heterocycles. The first-order chi connectivity index (χ1) is 32.2. The molecule has 308 valence electrons. The molecule has 0 amide bonds. The van der Waals surface area contributed by atoms with Crippen molar-refractivity contribution < 1.29 is 4.74 Å². The summed E-state index contributed by atoms with van der Waals surface area (Å²) in [5.41, 5.74) is 18.3. The van der Waals surface area contributed by atoms with Crippen LogP contribution in [-0.2, 0) is 0 Å². The number of fused-ring (bicyclic) bond motifs is 4. The molecule has 2 heterocycles. The predicted octanol–water partition coefficient (Wildman–Crippen LogP) is 14.3. The van der Waals surface area contributed by atoms with Gasteiger partial charge >= 0.3 is 0 Å². The van der Waals surface area contributed by atoms with Crippen molar-refractivity contribution in [3.05, 3.63) is 248 Å². The Kier molecular flexibility index (Phi) is 9.72. The number of hydrogen-bond acceptors (Lipinski definition) is 4. The van der Waals surface area contributed by atoms with E-state index in [2.05, 4.69) is 257 Å². The van der Waals surface area contributed by atoms with E-state index in [4.69, 9.17) is 4.74 Å². The molecule has 0 fully saturated rings. The average Bonchev–Trinajstić information content (AvgIpc) is 3.38. The van der Waals surface area contributed by atoms with Crippen molar-refractivity contribution in [2.75, 3.05) is 14.7 Å². The van der Waals surface area contributed by atoms with Gasteiger partial charge in [-0.1, -0.05) is 152 Å². The molecular weight excluding hydrogens is 789 g/mol. The minimum atomic E-state index is -0.0502. The lowest BCUT2D eigenvalue weighted by molar-refractivity contribution is 0.487. The fraction of sp³-hybridized carbons (Fsp3) is 0.0333. The van der Waals surface area contributed by atoms with Gasteiger partial charge in [0, 0.05) is 57.3 Å². The smallest absolute Gasteiger partial charge is 0.256 e. The van der Waals surface area contributed by atoms with E-state index < -0.39 is 0 Å². The summed E-state index contributed by atoms with van der Waals surface area (Å²) in [5.74, 6) is 1.73. The highest BCUT2D eigenvalue weighted by molar-refractivity contribution is 6.99. The molecule has 0 bridgehead atoms. The number of benzene rings is 9. The summed E-state index contributed by atoms with van der Waals surface area (Å²) in [5, 5.41) is 0. The Morgan fingerprint density at radius 2 is 0.938 bits per heavy atom. The first kappa shape index (κ1) is 38.4. The zero-order chi connectivity index (χ0) is 43.1. The van der Waals surface area contributed by atoms with Crippen LogP contribution in [0.25, 0.3) is 22.3 Å². The summed E-state index contributed by atoms with van der Waals surface area (Å²) in [6, 6.07) is 80.7.